The van der Waals surface area contributed by atoms with Gasteiger partial charge >= 0.3 is 0 Å². The van der Waals surface area contributed by atoms with Crippen LogP contribution in [0, 0.1) is 11.3 Å². The molecule has 0 bridgehead atoms. The largest absolute Gasteiger partial charge is 0.338 e. The summed E-state index contributed by atoms with van der Waals surface area (Å²) >= 11 is 14.2. The highest BCUT2D eigenvalue weighted by Gasteiger charge is 2.33. The summed E-state index contributed by atoms with van der Waals surface area (Å²) in [5, 5.41) is 23.1. The fraction of sp³-hybridized carbons (Fsp3) is 0.0588. The van der Waals surface area contributed by atoms with Crippen LogP contribution < -0.4 is 5.32 Å². The molecule has 1 unspecified atom stereocenters. The zero-order chi connectivity index (χ0) is 16.7. The minimum absolute atomic E-state index is 0.326. The highest BCUT2D eigenvalue weighted by molar-refractivity contribution is 7.11. The van der Waals surface area contributed by atoms with Gasteiger partial charge in [-0.05, 0) is 23.1 Å². The molecule has 4 rings (SSSR count). The molecular formula is C17H10Cl2N4S. The van der Waals surface area contributed by atoms with Gasteiger partial charge in [-0.3, -0.25) is 5.10 Å². The first-order chi connectivity index (χ1) is 11.7. The maximum absolute atomic E-state index is 9.87. The molecule has 0 saturated carbocycles. The Kier molecular flexibility index (Phi) is 3.81. The summed E-state index contributed by atoms with van der Waals surface area (Å²) in [6, 6.07) is 11.7. The lowest BCUT2D eigenvalue weighted by Gasteiger charge is -2.26. The van der Waals surface area contributed by atoms with E-state index in [9.17, 15) is 5.26 Å². The van der Waals surface area contributed by atoms with Gasteiger partial charge in [0, 0.05) is 5.56 Å². The first kappa shape index (κ1) is 15.3. The lowest BCUT2D eigenvalue weighted by molar-refractivity contribution is 0.972. The van der Waals surface area contributed by atoms with E-state index in [2.05, 4.69) is 21.6 Å². The minimum atomic E-state index is -0.326. The predicted octanol–water partition coefficient (Wildman–Crippen LogP) is 5.27. The van der Waals surface area contributed by atoms with Crippen molar-refractivity contribution in [1.82, 2.24) is 10.2 Å². The monoisotopic (exact) mass is 372 g/mol. The molecule has 2 aromatic heterocycles. The molecule has 0 aliphatic carbocycles. The quantitative estimate of drug-likeness (QED) is 0.643. The number of aromatic amines is 1. The van der Waals surface area contributed by atoms with Crippen molar-refractivity contribution in [3.8, 4) is 6.07 Å². The number of aromatic nitrogens is 2. The van der Waals surface area contributed by atoms with E-state index in [0.717, 1.165) is 27.5 Å². The third-order valence-electron chi connectivity index (χ3n) is 3.97. The summed E-state index contributed by atoms with van der Waals surface area (Å²) in [6.45, 7) is 0. The Morgan fingerprint density at radius 3 is 2.79 bits per heavy atom. The fourth-order valence-electron chi connectivity index (χ4n) is 2.91. The van der Waals surface area contributed by atoms with Gasteiger partial charge in [0.2, 0.25) is 0 Å². The second kappa shape index (κ2) is 5.99. The number of allylic oxidation sites excluding steroid dienone is 1. The molecule has 1 atom stereocenters. The van der Waals surface area contributed by atoms with Crippen molar-refractivity contribution >= 4 is 46.1 Å². The van der Waals surface area contributed by atoms with E-state index in [-0.39, 0.29) is 5.92 Å². The van der Waals surface area contributed by atoms with Crippen LogP contribution in [0.15, 0.2) is 47.5 Å². The number of nitriles is 1. The number of anilines is 1. The molecule has 7 heteroatoms. The second-order valence-electron chi connectivity index (χ2n) is 5.28. The maximum atomic E-state index is 9.87. The Hall–Kier alpha value is -2.26. The third kappa shape index (κ3) is 2.31. The van der Waals surface area contributed by atoms with Crippen LogP contribution in [0.5, 0.6) is 0 Å². The van der Waals surface area contributed by atoms with E-state index in [1.165, 1.54) is 0 Å². The van der Waals surface area contributed by atoms with Crippen molar-refractivity contribution in [2.24, 2.45) is 0 Å². The number of benzene rings is 1. The summed E-state index contributed by atoms with van der Waals surface area (Å²) in [4.78, 5) is 0.981. The van der Waals surface area contributed by atoms with E-state index in [0.29, 0.717) is 15.6 Å². The highest BCUT2D eigenvalue weighted by atomic mass is 35.5. The molecule has 3 aromatic rings. The third-order valence-corrected chi connectivity index (χ3v) is 5.69. The molecule has 1 aliphatic rings. The van der Waals surface area contributed by atoms with Crippen LogP contribution in [-0.2, 0) is 0 Å². The number of thiophene rings is 1. The molecule has 0 fully saturated rings. The number of halogens is 2. The number of rotatable bonds is 2. The lowest BCUT2D eigenvalue weighted by atomic mass is 9.83. The zero-order valence-corrected chi connectivity index (χ0v) is 14.5. The van der Waals surface area contributed by atoms with Crippen LogP contribution in [0.1, 0.15) is 21.9 Å². The van der Waals surface area contributed by atoms with Crippen LogP contribution in [0.25, 0.3) is 5.70 Å². The van der Waals surface area contributed by atoms with Crippen molar-refractivity contribution < 1.29 is 0 Å². The molecule has 24 heavy (non-hydrogen) atoms. The van der Waals surface area contributed by atoms with Crippen LogP contribution in [0.2, 0.25) is 10.0 Å². The Balaban J connectivity index is 1.99. The van der Waals surface area contributed by atoms with Crippen molar-refractivity contribution in [2.75, 3.05) is 5.32 Å². The van der Waals surface area contributed by atoms with Crippen molar-refractivity contribution in [3.05, 3.63) is 73.5 Å². The van der Waals surface area contributed by atoms with Gasteiger partial charge in [-0.2, -0.15) is 10.4 Å². The molecular weight excluding hydrogens is 363 g/mol. The topological polar surface area (TPSA) is 64.5 Å². The fourth-order valence-corrected chi connectivity index (χ4v) is 4.07. The van der Waals surface area contributed by atoms with Gasteiger partial charge in [-0.25, -0.2) is 0 Å². The first-order valence-corrected chi connectivity index (χ1v) is 8.76. The van der Waals surface area contributed by atoms with Gasteiger partial charge in [0.25, 0.3) is 0 Å². The number of hydrogen-bond donors (Lipinski definition) is 2. The van der Waals surface area contributed by atoms with Gasteiger partial charge in [0.15, 0.2) is 0 Å². The molecule has 4 nitrogen and oxygen atoms in total. The summed E-state index contributed by atoms with van der Waals surface area (Å²) in [7, 11) is 0. The average molecular weight is 373 g/mol. The number of fused-ring (bicyclic) bond motifs is 1. The Morgan fingerprint density at radius 2 is 2.04 bits per heavy atom. The predicted molar refractivity (Wildman–Crippen MR) is 97.4 cm³/mol. The second-order valence-corrected chi connectivity index (χ2v) is 7.01. The minimum Gasteiger partial charge on any atom is -0.338 e. The molecule has 0 spiro atoms. The number of nitrogens with one attached hydrogen (secondary N) is 2. The Morgan fingerprint density at radius 1 is 1.17 bits per heavy atom. The molecule has 1 aromatic carbocycles. The van der Waals surface area contributed by atoms with Crippen molar-refractivity contribution in [1.29, 1.82) is 5.26 Å². The van der Waals surface area contributed by atoms with E-state index < -0.39 is 0 Å². The number of nitrogens with zero attached hydrogens (tertiary/aromatic N) is 2. The van der Waals surface area contributed by atoms with Crippen molar-refractivity contribution in [2.45, 2.75) is 5.92 Å². The van der Waals surface area contributed by atoms with Gasteiger partial charge in [0.1, 0.15) is 5.82 Å². The molecule has 118 valence electrons. The van der Waals surface area contributed by atoms with Gasteiger partial charge in [0.05, 0.1) is 44.4 Å². The summed E-state index contributed by atoms with van der Waals surface area (Å²) in [6.07, 6.45) is 1.72. The molecule has 0 amide bonds. The van der Waals surface area contributed by atoms with Crippen LogP contribution >= 0.6 is 34.5 Å². The first-order valence-electron chi connectivity index (χ1n) is 7.13. The average Bonchev–Trinajstić information content (AvgIpc) is 3.26. The molecule has 1 aliphatic heterocycles. The Labute approximate surface area is 152 Å². The van der Waals surface area contributed by atoms with Crippen LogP contribution in [0.3, 0.4) is 0 Å². The highest BCUT2D eigenvalue weighted by Crippen LogP contribution is 2.46. The summed E-state index contributed by atoms with van der Waals surface area (Å²) in [5.41, 5.74) is 3.02. The van der Waals surface area contributed by atoms with E-state index in [1.807, 2.05) is 29.6 Å². The summed E-state index contributed by atoms with van der Waals surface area (Å²) in [5.74, 6) is 0.437. The smallest absolute Gasteiger partial charge is 0.130 e. The maximum Gasteiger partial charge on any atom is 0.130 e. The van der Waals surface area contributed by atoms with Gasteiger partial charge in [-0.15, -0.1) is 11.3 Å². The normalized spacial score (nSPS) is 16.5. The zero-order valence-electron chi connectivity index (χ0n) is 12.2. The van der Waals surface area contributed by atoms with E-state index in [4.69, 9.17) is 23.2 Å². The molecule has 2 N–H and O–H groups in total. The van der Waals surface area contributed by atoms with Crippen LogP contribution in [0.4, 0.5) is 5.82 Å². The van der Waals surface area contributed by atoms with Crippen LogP contribution in [-0.4, -0.2) is 10.2 Å². The van der Waals surface area contributed by atoms with Crippen molar-refractivity contribution in [3.63, 3.8) is 0 Å². The Bertz CT molecular complexity index is 982. The number of H-pyrrole nitrogens is 1. The SMILES string of the molecule is N#CC1=C(c2cccs2)Nc2[nH]ncc2C1c1cccc(Cl)c1Cl. The lowest BCUT2D eigenvalue weighted by Crippen LogP contribution is -2.17. The van der Waals surface area contributed by atoms with Gasteiger partial charge < -0.3 is 5.32 Å². The van der Waals surface area contributed by atoms with E-state index in [1.54, 1.807) is 23.6 Å². The molecule has 0 radical (unpaired) electrons. The standard InChI is InChI=1S/C17H10Cl2N4S/c18-12-4-1-3-9(15(12)19)14-10(7-20)16(13-5-2-6-24-13)22-17-11(14)8-21-23-17/h1-6,8,14H,(H2,21,22,23). The number of hydrogen-bond acceptors (Lipinski definition) is 4. The van der Waals surface area contributed by atoms with Gasteiger partial charge in [-0.1, -0.05) is 41.4 Å². The molecule has 3 heterocycles. The van der Waals surface area contributed by atoms with E-state index >= 15 is 0 Å². The summed E-state index contributed by atoms with van der Waals surface area (Å²) < 4.78 is 0. The molecule has 0 saturated heterocycles.